The molecule has 9 heteroatoms. The van der Waals surface area contributed by atoms with Gasteiger partial charge in [0.15, 0.2) is 12.3 Å². The van der Waals surface area contributed by atoms with Gasteiger partial charge in [0, 0.05) is 18.1 Å². The molecule has 1 aromatic heterocycles. The minimum Gasteiger partial charge on any atom is -0.478 e. The molecule has 23 heavy (non-hydrogen) atoms. The summed E-state index contributed by atoms with van der Waals surface area (Å²) >= 11 is 5.72. The van der Waals surface area contributed by atoms with Crippen LogP contribution in [0.1, 0.15) is 20.8 Å². The van der Waals surface area contributed by atoms with E-state index >= 15 is 0 Å². The second-order valence-electron chi connectivity index (χ2n) is 4.21. The third-order valence-electron chi connectivity index (χ3n) is 2.59. The van der Waals surface area contributed by atoms with Gasteiger partial charge in [0.25, 0.3) is 5.91 Å². The van der Waals surface area contributed by atoms with Crippen LogP contribution in [0.2, 0.25) is 5.02 Å². The predicted molar refractivity (Wildman–Crippen MR) is 79.4 cm³/mol. The summed E-state index contributed by atoms with van der Waals surface area (Å²) in [6.45, 7) is -0.555. The zero-order valence-electron chi connectivity index (χ0n) is 11.5. The number of rotatable bonds is 5. The van der Waals surface area contributed by atoms with Crippen molar-refractivity contribution < 1.29 is 24.2 Å². The Morgan fingerprint density at radius 3 is 2.70 bits per heavy atom. The fourth-order valence-corrected chi connectivity index (χ4v) is 1.77. The van der Waals surface area contributed by atoms with Crippen LogP contribution in [0.4, 0.5) is 5.69 Å². The average Bonchev–Trinajstić information content (AvgIpc) is 2.55. The number of hydrogen-bond acceptors (Lipinski definition) is 6. The second-order valence-corrected chi connectivity index (χ2v) is 4.62. The summed E-state index contributed by atoms with van der Waals surface area (Å²) in [6.07, 6.45) is 3.92. The number of carbonyl (C=O) groups is 3. The number of nitrogens with zero attached hydrogens (tertiary/aromatic N) is 2. The molecule has 2 aromatic rings. The Bertz CT molecular complexity index is 751. The van der Waals surface area contributed by atoms with E-state index in [1.807, 2.05) is 0 Å². The molecule has 118 valence electrons. The smallest absolute Gasteiger partial charge is 0.359 e. The normalized spacial score (nSPS) is 9.96. The van der Waals surface area contributed by atoms with Gasteiger partial charge in [-0.15, -0.1) is 0 Å². The Morgan fingerprint density at radius 1 is 1.26 bits per heavy atom. The number of ether oxygens (including phenoxy) is 1. The molecule has 0 atom stereocenters. The first-order valence-corrected chi connectivity index (χ1v) is 6.61. The zero-order valence-corrected chi connectivity index (χ0v) is 12.3. The Morgan fingerprint density at radius 2 is 2.04 bits per heavy atom. The minimum absolute atomic E-state index is 0.0278. The fraction of sp³-hybridized carbons (Fsp3) is 0.0714. The molecule has 0 aliphatic carbocycles. The number of esters is 1. The molecule has 8 nitrogen and oxygen atoms in total. The van der Waals surface area contributed by atoms with Crippen molar-refractivity contribution in [3.63, 3.8) is 0 Å². The van der Waals surface area contributed by atoms with Crippen LogP contribution in [0.25, 0.3) is 0 Å². The monoisotopic (exact) mass is 335 g/mol. The van der Waals surface area contributed by atoms with Gasteiger partial charge in [-0.05, 0) is 18.2 Å². The quantitative estimate of drug-likeness (QED) is 0.797. The lowest BCUT2D eigenvalue weighted by molar-refractivity contribution is -0.119. The Kier molecular flexibility index (Phi) is 5.21. The van der Waals surface area contributed by atoms with Crippen LogP contribution in [-0.4, -0.2) is 39.5 Å². The lowest BCUT2D eigenvalue weighted by Gasteiger charge is -2.07. The predicted octanol–water partition coefficient (Wildman–Crippen LogP) is 1.62. The van der Waals surface area contributed by atoms with Gasteiger partial charge >= 0.3 is 11.9 Å². The maximum absolute atomic E-state index is 11.7. The number of aromatic nitrogens is 2. The van der Waals surface area contributed by atoms with Crippen LogP contribution in [-0.2, 0) is 9.53 Å². The number of aromatic carboxylic acids is 1. The second kappa shape index (κ2) is 7.32. The van der Waals surface area contributed by atoms with Crippen molar-refractivity contribution in [2.75, 3.05) is 11.9 Å². The molecule has 0 aliphatic rings. The van der Waals surface area contributed by atoms with Crippen molar-refractivity contribution in [1.82, 2.24) is 9.97 Å². The highest BCUT2D eigenvalue weighted by Crippen LogP contribution is 2.20. The van der Waals surface area contributed by atoms with E-state index in [0.717, 1.165) is 0 Å². The number of amides is 1. The number of hydrogen-bond donors (Lipinski definition) is 2. The molecule has 1 amide bonds. The van der Waals surface area contributed by atoms with E-state index in [1.165, 1.54) is 36.8 Å². The summed E-state index contributed by atoms with van der Waals surface area (Å²) in [4.78, 5) is 41.7. The van der Waals surface area contributed by atoms with Gasteiger partial charge in [-0.25, -0.2) is 14.6 Å². The molecule has 2 N–H and O–H groups in total. The van der Waals surface area contributed by atoms with E-state index < -0.39 is 24.5 Å². The molecular formula is C14H10ClN3O5. The van der Waals surface area contributed by atoms with Gasteiger partial charge in [0.1, 0.15) is 0 Å². The molecule has 0 unspecified atom stereocenters. The Hall–Kier alpha value is -3.00. The van der Waals surface area contributed by atoms with E-state index in [1.54, 1.807) is 0 Å². The van der Waals surface area contributed by atoms with E-state index in [2.05, 4.69) is 15.3 Å². The van der Waals surface area contributed by atoms with Crippen LogP contribution in [0.3, 0.4) is 0 Å². The number of benzene rings is 1. The molecular weight excluding hydrogens is 326 g/mol. The van der Waals surface area contributed by atoms with Gasteiger partial charge in [0.2, 0.25) is 0 Å². The summed E-state index contributed by atoms with van der Waals surface area (Å²) in [5, 5.41) is 11.4. The summed E-state index contributed by atoms with van der Waals surface area (Å²) in [5.41, 5.74) is 0.0355. The fourth-order valence-electron chi connectivity index (χ4n) is 1.57. The molecule has 0 saturated carbocycles. The topological polar surface area (TPSA) is 118 Å². The van der Waals surface area contributed by atoms with E-state index in [4.69, 9.17) is 21.4 Å². The van der Waals surface area contributed by atoms with Crippen LogP contribution in [0.15, 0.2) is 36.8 Å². The van der Waals surface area contributed by atoms with Crippen LogP contribution < -0.4 is 5.32 Å². The molecule has 0 saturated heterocycles. The summed E-state index contributed by atoms with van der Waals surface area (Å²) in [6, 6.07) is 3.97. The highest BCUT2D eigenvalue weighted by Gasteiger charge is 2.13. The standard InChI is InChI=1S/C14H10ClN3O5/c15-10-2-1-8(5-9(10)13(20)21)18-12(19)7-23-14(22)11-6-16-3-4-17-11/h1-6H,7H2,(H,18,19)(H,20,21). The first-order chi connectivity index (χ1) is 11.0. The number of carboxylic acid groups (broad SMARTS) is 1. The highest BCUT2D eigenvalue weighted by atomic mass is 35.5. The van der Waals surface area contributed by atoms with Gasteiger partial charge in [-0.3, -0.25) is 9.78 Å². The molecule has 0 fully saturated rings. The Balaban J connectivity index is 1.94. The Labute approximate surface area is 135 Å². The van der Waals surface area contributed by atoms with Crippen LogP contribution in [0.5, 0.6) is 0 Å². The van der Waals surface area contributed by atoms with Gasteiger partial charge in [-0.1, -0.05) is 11.6 Å². The summed E-state index contributed by atoms with van der Waals surface area (Å²) in [5.74, 6) is -2.66. The molecule has 1 aromatic carbocycles. The summed E-state index contributed by atoms with van der Waals surface area (Å²) in [7, 11) is 0. The number of carboxylic acids is 1. The van der Waals surface area contributed by atoms with E-state index in [9.17, 15) is 14.4 Å². The van der Waals surface area contributed by atoms with Crippen molar-refractivity contribution in [2.24, 2.45) is 0 Å². The molecule has 2 rings (SSSR count). The number of anilines is 1. The first kappa shape index (κ1) is 16.4. The van der Waals surface area contributed by atoms with Crippen LogP contribution in [0, 0.1) is 0 Å². The number of halogens is 1. The van der Waals surface area contributed by atoms with Gasteiger partial charge in [0.05, 0.1) is 16.8 Å². The summed E-state index contributed by atoms with van der Waals surface area (Å²) < 4.78 is 4.77. The molecule has 1 heterocycles. The van der Waals surface area contributed by atoms with E-state index in [0.29, 0.717) is 0 Å². The van der Waals surface area contributed by atoms with Crippen LogP contribution >= 0.6 is 11.6 Å². The van der Waals surface area contributed by atoms with Gasteiger partial charge in [-0.2, -0.15) is 0 Å². The largest absolute Gasteiger partial charge is 0.478 e. The van der Waals surface area contributed by atoms with Crippen molar-refractivity contribution in [3.05, 3.63) is 53.1 Å². The SMILES string of the molecule is O=C(COC(=O)c1cnccn1)Nc1ccc(Cl)c(C(=O)O)c1. The lowest BCUT2D eigenvalue weighted by Crippen LogP contribution is -2.21. The third-order valence-corrected chi connectivity index (χ3v) is 2.92. The van der Waals surface area contributed by atoms with Crippen molar-refractivity contribution in [1.29, 1.82) is 0 Å². The molecule has 0 bridgehead atoms. The zero-order chi connectivity index (χ0) is 16.8. The highest BCUT2D eigenvalue weighted by molar-refractivity contribution is 6.33. The maximum atomic E-state index is 11.7. The molecule has 0 radical (unpaired) electrons. The van der Waals surface area contributed by atoms with Gasteiger partial charge < -0.3 is 15.2 Å². The van der Waals surface area contributed by atoms with Crippen molar-refractivity contribution in [3.8, 4) is 0 Å². The number of carbonyl (C=O) groups excluding carboxylic acids is 2. The van der Waals surface area contributed by atoms with E-state index in [-0.39, 0.29) is 22.0 Å². The lowest BCUT2D eigenvalue weighted by atomic mass is 10.2. The van der Waals surface area contributed by atoms with Crippen molar-refractivity contribution in [2.45, 2.75) is 0 Å². The molecule has 0 aliphatic heterocycles. The first-order valence-electron chi connectivity index (χ1n) is 6.23. The maximum Gasteiger partial charge on any atom is 0.359 e. The third kappa shape index (κ3) is 4.48. The van der Waals surface area contributed by atoms with Crippen molar-refractivity contribution >= 4 is 35.1 Å². The molecule has 0 spiro atoms. The number of nitrogens with one attached hydrogen (secondary N) is 1. The average molecular weight is 336 g/mol. The minimum atomic E-state index is -1.22.